The Balaban J connectivity index is 1.72. The van der Waals surface area contributed by atoms with Crippen molar-refractivity contribution < 1.29 is 19.4 Å². The molecule has 6 nitrogen and oxygen atoms in total. The minimum absolute atomic E-state index is 0.167. The van der Waals surface area contributed by atoms with Crippen molar-refractivity contribution in [3.8, 4) is 0 Å². The van der Waals surface area contributed by atoms with E-state index in [9.17, 15) is 9.59 Å². The van der Waals surface area contributed by atoms with Crippen LogP contribution in [0.3, 0.4) is 0 Å². The third-order valence-electron chi connectivity index (χ3n) is 2.99. The van der Waals surface area contributed by atoms with E-state index in [1.54, 1.807) is 0 Å². The van der Waals surface area contributed by atoms with Crippen LogP contribution in [0.4, 0.5) is 9.59 Å². The Hall–Kier alpha value is -2.24. The van der Waals surface area contributed by atoms with Crippen molar-refractivity contribution in [2.75, 3.05) is 13.1 Å². The van der Waals surface area contributed by atoms with Crippen LogP contribution in [0.2, 0.25) is 0 Å². The molecular formula is C13H16N2O4. The highest BCUT2D eigenvalue weighted by molar-refractivity contribution is 5.68. The minimum atomic E-state index is -0.957. The van der Waals surface area contributed by atoms with Crippen molar-refractivity contribution in [3.63, 3.8) is 0 Å². The van der Waals surface area contributed by atoms with Crippen LogP contribution in [0, 0.1) is 0 Å². The lowest BCUT2D eigenvalue weighted by Crippen LogP contribution is -2.38. The molecule has 1 aromatic rings. The predicted octanol–water partition coefficient (Wildman–Crippen LogP) is 1.67. The topological polar surface area (TPSA) is 78.9 Å². The number of ether oxygens (including phenoxy) is 1. The van der Waals surface area contributed by atoms with E-state index < -0.39 is 12.2 Å². The van der Waals surface area contributed by atoms with Crippen molar-refractivity contribution in [1.82, 2.24) is 10.2 Å². The lowest BCUT2D eigenvalue weighted by molar-refractivity contribution is 0.134. The number of carbonyl (C=O) groups excluding carboxylic acids is 1. The third-order valence-corrected chi connectivity index (χ3v) is 2.99. The van der Waals surface area contributed by atoms with Gasteiger partial charge < -0.3 is 20.1 Å². The molecule has 0 unspecified atom stereocenters. The molecule has 2 N–H and O–H groups in total. The fourth-order valence-corrected chi connectivity index (χ4v) is 1.98. The molecule has 0 aromatic heterocycles. The molecule has 1 atom stereocenters. The molecule has 19 heavy (non-hydrogen) atoms. The minimum Gasteiger partial charge on any atom is -0.465 e. The molecule has 0 aliphatic carbocycles. The second-order valence-corrected chi connectivity index (χ2v) is 4.42. The number of hydrogen-bond donors (Lipinski definition) is 2. The standard InChI is InChI=1S/C13H16N2O4/c16-12(19-9-10-4-2-1-3-5-10)14-11-6-7-15(8-11)13(17)18/h1-5,11H,6-9H2,(H,14,16)(H,17,18)/t11-/m1/s1. The lowest BCUT2D eigenvalue weighted by Gasteiger charge is -2.14. The number of carboxylic acid groups (broad SMARTS) is 1. The second kappa shape index (κ2) is 6.08. The van der Waals surface area contributed by atoms with Crippen molar-refractivity contribution in [3.05, 3.63) is 35.9 Å². The number of amides is 2. The smallest absolute Gasteiger partial charge is 0.407 e. The zero-order valence-electron chi connectivity index (χ0n) is 10.4. The van der Waals surface area contributed by atoms with Gasteiger partial charge in [-0.25, -0.2) is 9.59 Å². The number of likely N-dealkylation sites (tertiary alicyclic amines) is 1. The molecule has 2 rings (SSSR count). The molecule has 1 fully saturated rings. The molecule has 102 valence electrons. The van der Waals surface area contributed by atoms with Gasteiger partial charge in [-0.1, -0.05) is 30.3 Å². The molecule has 0 spiro atoms. The van der Waals surface area contributed by atoms with Crippen molar-refractivity contribution in [1.29, 1.82) is 0 Å². The number of hydrogen-bond acceptors (Lipinski definition) is 3. The van der Waals surface area contributed by atoms with Crippen molar-refractivity contribution >= 4 is 12.2 Å². The maximum absolute atomic E-state index is 11.5. The lowest BCUT2D eigenvalue weighted by atomic mass is 10.2. The summed E-state index contributed by atoms with van der Waals surface area (Å²) in [6.07, 6.45) is -0.852. The monoisotopic (exact) mass is 264 g/mol. The molecule has 0 saturated carbocycles. The number of benzene rings is 1. The average Bonchev–Trinajstić information content (AvgIpc) is 2.86. The van der Waals surface area contributed by atoms with E-state index in [0.29, 0.717) is 19.5 Å². The summed E-state index contributed by atoms with van der Waals surface area (Å²) >= 11 is 0. The molecular weight excluding hydrogens is 248 g/mol. The van der Waals surface area contributed by atoms with E-state index in [2.05, 4.69) is 5.32 Å². The first kappa shape index (κ1) is 13.2. The highest BCUT2D eigenvalue weighted by atomic mass is 16.5. The molecule has 6 heteroatoms. The van der Waals surface area contributed by atoms with Gasteiger partial charge in [-0.3, -0.25) is 0 Å². The average molecular weight is 264 g/mol. The Morgan fingerprint density at radius 3 is 2.74 bits per heavy atom. The van der Waals surface area contributed by atoms with E-state index in [4.69, 9.17) is 9.84 Å². The van der Waals surface area contributed by atoms with Crippen LogP contribution >= 0.6 is 0 Å². The van der Waals surface area contributed by atoms with Gasteiger partial charge in [0.2, 0.25) is 0 Å². The van der Waals surface area contributed by atoms with Gasteiger partial charge in [0.1, 0.15) is 6.61 Å². The zero-order chi connectivity index (χ0) is 13.7. The molecule has 1 aliphatic rings. The van der Waals surface area contributed by atoms with E-state index >= 15 is 0 Å². The number of alkyl carbamates (subject to hydrolysis) is 1. The molecule has 1 aliphatic heterocycles. The van der Waals surface area contributed by atoms with Gasteiger partial charge in [0.05, 0.1) is 6.04 Å². The fraction of sp³-hybridized carbons (Fsp3) is 0.385. The van der Waals surface area contributed by atoms with Gasteiger partial charge in [-0.15, -0.1) is 0 Å². The number of carbonyl (C=O) groups is 2. The summed E-state index contributed by atoms with van der Waals surface area (Å²) < 4.78 is 5.07. The zero-order valence-corrected chi connectivity index (χ0v) is 10.4. The molecule has 2 amide bonds. The van der Waals surface area contributed by atoms with E-state index in [1.807, 2.05) is 30.3 Å². The van der Waals surface area contributed by atoms with Crippen molar-refractivity contribution in [2.45, 2.75) is 19.1 Å². The van der Waals surface area contributed by atoms with E-state index in [0.717, 1.165) is 5.56 Å². The Labute approximate surface area is 111 Å². The van der Waals surface area contributed by atoms with Crippen LogP contribution in [-0.4, -0.2) is 41.3 Å². The maximum Gasteiger partial charge on any atom is 0.407 e. The third kappa shape index (κ3) is 3.87. The predicted molar refractivity (Wildman–Crippen MR) is 67.8 cm³/mol. The second-order valence-electron chi connectivity index (χ2n) is 4.42. The normalized spacial score (nSPS) is 18.1. The molecule has 1 heterocycles. The maximum atomic E-state index is 11.5. The molecule has 0 radical (unpaired) electrons. The Morgan fingerprint density at radius 2 is 2.11 bits per heavy atom. The Kier molecular flexibility index (Phi) is 4.22. The molecule has 1 aromatic carbocycles. The quantitative estimate of drug-likeness (QED) is 0.870. The highest BCUT2D eigenvalue weighted by Gasteiger charge is 2.27. The molecule has 1 saturated heterocycles. The van der Waals surface area contributed by atoms with Crippen LogP contribution in [0.5, 0.6) is 0 Å². The first-order chi connectivity index (χ1) is 9.15. The van der Waals surface area contributed by atoms with Gasteiger partial charge in [0.25, 0.3) is 0 Å². The molecule has 0 bridgehead atoms. The summed E-state index contributed by atoms with van der Waals surface area (Å²) in [5.41, 5.74) is 0.913. The summed E-state index contributed by atoms with van der Waals surface area (Å²) in [6.45, 7) is 0.969. The largest absolute Gasteiger partial charge is 0.465 e. The van der Waals surface area contributed by atoms with Crippen molar-refractivity contribution in [2.24, 2.45) is 0 Å². The number of rotatable bonds is 3. The summed E-state index contributed by atoms with van der Waals surface area (Å²) in [6, 6.07) is 9.21. The number of nitrogens with one attached hydrogen (secondary N) is 1. The Bertz CT molecular complexity index is 449. The van der Waals surface area contributed by atoms with Gasteiger partial charge in [0.15, 0.2) is 0 Å². The first-order valence-corrected chi connectivity index (χ1v) is 6.10. The van der Waals surface area contributed by atoms with E-state index in [1.165, 1.54) is 4.90 Å². The van der Waals surface area contributed by atoms with Crippen LogP contribution in [0.25, 0.3) is 0 Å². The van der Waals surface area contributed by atoms with Gasteiger partial charge in [-0.05, 0) is 12.0 Å². The summed E-state index contributed by atoms with van der Waals surface area (Å²) in [5.74, 6) is 0. The highest BCUT2D eigenvalue weighted by Crippen LogP contribution is 2.09. The Morgan fingerprint density at radius 1 is 1.37 bits per heavy atom. The fourth-order valence-electron chi connectivity index (χ4n) is 1.98. The summed E-state index contributed by atoms with van der Waals surface area (Å²) in [7, 11) is 0. The van der Waals surface area contributed by atoms with Crippen LogP contribution in [-0.2, 0) is 11.3 Å². The summed E-state index contributed by atoms with van der Waals surface area (Å²) in [4.78, 5) is 23.6. The van der Waals surface area contributed by atoms with Gasteiger partial charge >= 0.3 is 12.2 Å². The van der Waals surface area contributed by atoms with Crippen LogP contribution in [0.1, 0.15) is 12.0 Å². The van der Waals surface area contributed by atoms with Gasteiger partial charge in [0, 0.05) is 13.1 Å². The van der Waals surface area contributed by atoms with Crippen LogP contribution < -0.4 is 5.32 Å². The first-order valence-electron chi connectivity index (χ1n) is 6.10. The van der Waals surface area contributed by atoms with E-state index in [-0.39, 0.29) is 12.6 Å². The summed E-state index contributed by atoms with van der Waals surface area (Å²) in [5, 5.41) is 11.5. The SMILES string of the molecule is O=C(N[C@@H]1CCN(C(=O)O)C1)OCc1ccccc1. The van der Waals surface area contributed by atoms with Crippen LogP contribution in [0.15, 0.2) is 30.3 Å². The van der Waals surface area contributed by atoms with Gasteiger partial charge in [-0.2, -0.15) is 0 Å². The number of nitrogens with zero attached hydrogens (tertiary/aromatic N) is 1.